The molecule has 60 valence electrons. The van der Waals surface area contributed by atoms with Gasteiger partial charge >= 0.3 is 0 Å². The molecule has 4 nitrogen and oxygen atoms in total. The van der Waals surface area contributed by atoms with Crippen molar-refractivity contribution in [3.05, 3.63) is 11.6 Å². The Balaban J connectivity index is 4.05. The largest absolute Gasteiger partial charge is 0.493 e. The number of nitrogens with two attached hydrogens (primary N) is 2. The normalized spacial score (nSPS) is 12.7. The maximum absolute atomic E-state index is 9.15. The summed E-state index contributed by atoms with van der Waals surface area (Å²) in [7, 11) is 3.44. The topological polar surface area (TPSA) is 75.5 Å². The van der Waals surface area contributed by atoms with Gasteiger partial charge in [0.2, 0.25) is 5.88 Å². The van der Waals surface area contributed by atoms with Crippen molar-refractivity contribution in [1.29, 1.82) is 0 Å². The molecular formula is C6H15N3O. The molecule has 0 aliphatic carbocycles. The second-order valence-electron chi connectivity index (χ2n) is 2.28. The monoisotopic (exact) mass is 145 g/mol. The van der Waals surface area contributed by atoms with Crippen molar-refractivity contribution in [3.8, 4) is 0 Å². The highest BCUT2D eigenvalue weighted by Gasteiger charge is 2.00. The first-order chi connectivity index (χ1) is 4.59. The summed E-state index contributed by atoms with van der Waals surface area (Å²) in [5, 5.41) is 9.15. The summed E-state index contributed by atoms with van der Waals surface area (Å²) >= 11 is 0. The number of hydrogen-bond donors (Lipinski definition) is 3. The lowest BCUT2D eigenvalue weighted by atomic mass is 10.3. The average molecular weight is 145 g/mol. The number of aliphatic hydroxyl groups excluding tert-OH is 1. The van der Waals surface area contributed by atoms with Gasteiger partial charge in [-0.15, -0.1) is 0 Å². The van der Waals surface area contributed by atoms with Crippen LogP contribution < -0.4 is 11.5 Å². The van der Waals surface area contributed by atoms with Crippen molar-refractivity contribution in [3.63, 3.8) is 0 Å². The van der Waals surface area contributed by atoms with Gasteiger partial charge in [-0.3, -0.25) is 0 Å². The quantitative estimate of drug-likeness (QED) is 0.472. The van der Waals surface area contributed by atoms with Gasteiger partial charge in [0.15, 0.2) is 0 Å². The van der Waals surface area contributed by atoms with Gasteiger partial charge in [-0.1, -0.05) is 0 Å². The van der Waals surface area contributed by atoms with Crippen molar-refractivity contribution in [2.24, 2.45) is 11.5 Å². The standard InChI is InChI=1S/C6H15N3O/c1-9(2)6(10)5(8)3-4-7/h10H,3-4,7-8H2,1-2H3. The summed E-state index contributed by atoms with van der Waals surface area (Å²) in [6.45, 7) is 0.462. The number of nitrogens with zero attached hydrogens (tertiary/aromatic N) is 1. The van der Waals surface area contributed by atoms with E-state index in [-0.39, 0.29) is 5.88 Å². The summed E-state index contributed by atoms with van der Waals surface area (Å²) in [4.78, 5) is 1.55. The van der Waals surface area contributed by atoms with Crippen LogP contribution in [0.1, 0.15) is 6.42 Å². The molecule has 0 rings (SSSR count). The SMILES string of the molecule is CN(C)C(O)=C(N)CCN. The molecule has 0 aromatic rings. The van der Waals surface area contributed by atoms with Crippen LogP contribution in [0.2, 0.25) is 0 Å². The molecule has 0 atom stereocenters. The van der Waals surface area contributed by atoms with Gasteiger partial charge in [-0.25, -0.2) is 0 Å². The minimum atomic E-state index is 0.102. The van der Waals surface area contributed by atoms with Crippen molar-refractivity contribution < 1.29 is 5.11 Å². The molecular weight excluding hydrogens is 130 g/mol. The summed E-state index contributed by atoms with van der Waals surface area (Å²) in [5.41, 5.74) is 11.1. The van der Waals surface area contributed by atoms with E-state index in [4.69, 9.17) is 16.6 Å². The van der Waals surface area contributed by atoms with Gasteiger partial charge < -0.3 is 21.5 Å². The Morgan fingerprint density at radius 1 is 1.50 bits per heavy atom. The molecule has 0 saturated carbocycles. The van der Waals surface area contributed by atoms with Crippen molar-refractivity contribution in [2.75, 3.05) is 20.6 Å². The van der Waals surface area contributed by atoms with Crippen molar-refractivity contribution in [1.82, 2.24) is 4.90 Å². The minimum absolute atomic E-state index is 0.102. The maximum Gasteiger partial charge on any atom is 0.205 e. The molecule has 10 heavy (non-hydrogen) atoms. The molecule has 0 heterocycles. The van der Waals surface area contributed by atoms with Gasteiger partial charge in [0.05, 0.1) is 5.70 Å². The first kappa shape index (κ1) is 9.10. The number of aliphatic hydroxyl groups is 1. The Hall–Kier alpha value is -0.900. The highest BCUT2D eigenvalue weighted by Crippen LogP contribution is 1.99. The smallest absolute Gasteiger partial charge is 0.205 e. The predicted octanol–water partition coefficient (Wildman–Crippen LogP) is -0.417. The third-order valence-electron chi connectivity index (χ3n) is 1.12. The summed E-state index contributed by atoms with van der Waals surface area (Å²) < 4.78 is 0. The van der Waals surface area contributed by atoms with Crippen LogP contribution in [0.3, 0.4) is 0 Å². The van der Waals surface area contributed by atoms with Crippen molar-refractivity contribution in [2.45, 2.75) is 6.42 Å². The molecule has 0 spiro atoms. The summed E-state index contributed by atoms with van der Waals surface area (Å²) in [6, 6.07) is 0. The molecule has 0 aliphatic heterocycles. The molecule has 0 amide bonds. The Kier molecular flexibility index (Phi) is 3.64. The summed E-state index contributed by atoms with van der Waals surface area (Å²) in [6.07, 6.45) is 0.532. The molecule has 0 bridgehead atoms. The second-order valence-corrected chi connectivity index (χ2v) is 2.28. The number of hydrogen-bond acceptors (Lipinski definition) is 4. The third-order valence-corrected chi connectivity index (χ3v) is 1.12. The first-order valence-electron chi connectivity index (χ1n) is 3.14. The minimum Gasteiger partial charge on any atom is -0.493 e. The van der Waals surface area contributed by atoms with E-state index in [0.29, 0.717) is 18.7 Å². The second kappa shape index (κ2) is 4.00. The molecule has 0 unspecified atom stereocenters. The van der Waals surface area contributed by atoms with Gasteiger partial charge in [0.25, 0.3) is 0 Å². The molecule has 4 heteroatoms. The van der Waals surface area contributed by atoms with Gasteiger partial charge in [-0.05, 0) is 6.54 Å². The Labute approximate surface area is 61.1 Å². The van der Waals surface area contributed by atoms with Gasteiger partial charge in [-0.2, -0.15) is 0 Å². The van der Waals surface area contributed by atoms with Crippen LogP contribution >= 0.6 is 0 Å². The van der Waals surface area contributed by atoms with E-state index in [0.717, 1.165) is 0 Å². The first-order valence-corrected chi connectivity index (χ1v) is 3.14. The predicted molar refractivity (Wildman–Crippen MR) is 41.2 cm³/mol. The highest BCUT2D eigenvalue weighted by atomic mass is 16.3. The van der Waals surface area contributed by atoms with E-state index in [9.17, 15) is 0 Å². The van der Waals surface area contributed by atoms with E-state index in [1.54, 1.807) is 19.0 Å². The average Bonchev–Trinajstić information content (AvgIpc) is 1.87. The van der Waals surface area contributed by atoms with E-state index < -0.39 is 0 Å². The van der Waals surface area contributed by atoms with E-state index in [1.165, 1.54) is 0 Å². The fourth-order valence-corrected chi connectivity index (χ4v) is 0.555. The number of rotatable bonds is 3. The highest BCUT2D eigenvalue weighted by molar-refractivity contribution is 5.01. The van der Waals surface area contributed by atoms with E-state index in [2.05, 4.69) is 0 Å². The zero-order valence-corrected chi connectivity index (χ0v) is 6.46. The third kappa shape index (κ3) is 2.59. The molecule has 5 N–H and O–H groups in total. The van der Waals surface area contributed by atoms with Crippen LogP contribution in [0.25, 0.3) is 0 Å². The molecule has 0 aromatic heterocycles. The van der Waals surface area contributed by atoms with Crippen LogP contribution in [-0.4, -0.2) is 30.6 Å². The van der Waals surface area contributed by atoms with Crippen LogP contribution in [0, 0.1) is 0 Å². The molecule has 0 radical (unpaired) electrons. The maximum atomic E-state index is 9.15. The van der Waals surface area contributed by atoms with Crippen LogP contribution in [-0.2, 0) is 0 Å². The zero-order valence-electron chi connectivity index (χ0n) is 6.46. The van der Waals surface area contributed by atoms with Gasteiger partial charge in [0.1, 0.15) is 0 Å². The Morgan fingerprint density at radius 2 is 2.00 bits per heavy atom. The van der Waals surface area contributed by atoms with Crippen LogP contribution in [0.4, 0.5) is 0 Å². The fourth-order valence-electron chi connectivity index (χ4n) is 0.555. The van der Waals surface area contributed by atoms with E-state index in [1.807, 2.05) is 0 Å². The van der Waals surface area contributed by atoms with Crippen LogP contribution in [0.5, 0.6) is 0 Å². The molecule has 0 fully saturated rings. The lowest BCUT2D eigenvalue weighted by Crippen LogP contribution is -2.18. The summed E-state index contributed by atoms with van der Waals surface area (Å²) in [5.74, 6) is 0.102. The fraction of sp³-hybridized carbons (Fsp3) is 0.667. The zero-order chi connectivity index (χ0) is 8.15. The Bertz CT molecular complexity index is 131. The molecule has 0 saturated heterocycles. The Morgan fingerprint density at radius 3 is 2.30 bits per heavy atom. The molecule has 0 aliphatic rings. The van der Waals surface area contributed by atoms with Gasteiger partial charge in [0, 0.05) is 20.5 Å². The lowest BCUT2D eigenvalue weighted by Gasteiger charge is -2.12. The molecule has 0 aromatic carbocycles. The van der Waals surface area contributed by atoms with Crippen molar-refractivity contribution >= 4 is 0 Å². The van der Waals surface area contributed by atoms with E-state index >= 15 is 0 Å². The lowest BCUT2D eigenvalue weighted by molar-refractivity contribution is 0.255. The van der Waals surface area contributed by atoms with Crippen LogP contribution in [0.15, 0.2) is 11.6 Å².